The van der Waals surface area contributed by atoms with Gasteiger partial charge in [0.1, 0.15) is 0 Å². The van der Waals surface area contributed by atoms with Gasteiger partial charge in [-0.15, -0.1) is 0 Å². The predicted molar refractivity (Wildman–Crippen MR) is 30.2 cm³/mol. The Bertz CT molecular complexity index is 147. The van der Waals surface area contributed by atoms with Gasteiger partial charge in [0.15, 0.2) is 0 Å². The molecule has 1 radical (unpaired) electrons. The molecule has 6 heteroatoms. The third-order valence-corrected chi connectivity index (χ3v) is 1.27. The highest BCUT2D eigenvalue weighted by molar-refractivity contribution is 5.01. The molecule has 0 atom stereocenters. The Kier molecular flexibility index (Phi) is 3.03. The molecular formula is C6H7F6. The van der Waals surface area contributed by atoms with Gasteiger partial charge in [-0.2, -0.15) is 13.2 Å². The molecule has 0 N–H and O–H groups in total. The van der Waals surface area contributed by atoms with Gasteiger partial charge in [-0.3, -0.25) is 0 Å². The Morgan fingerprint density at radius 3 is 1.42 bits per heavy atom. The summed E-state index contributed by atoms with van der Waals surface area (Å²) in [6, 6.07) is 0. The van der Waals surface area contributed by atoms with Crippen LogP contribution in [-0.2, 0) is 0 Å². The van der Waals surface area contributed by atoms with E-state index in [-0.39, 0.29) is 0 Å². The van der Waals surface area contributed by atoms with Crippen molar-refractivity contribution in [3.05, 3.63) is 6.17 Å². The van der Waals surface area contributed by atoms with E-state index in [0.29, 0.717) is 0 Å². The normalized spacial score (nSPS) is 14.5. The molecule has 0 fully saturated rings. The second-order valence-electron chi connectivity index (χ2n) is 2.59. The molecule has 0 amide bonds. The van der Waals surface area contributed by atoms with Gasteiger partial charge < -0.3 is 0 Å². The van der Waals surface area contributed by atoms with Gasteiger partial charge in [0, 0.05) is 5.92 Å². The molecule has 0 aliphatic rings. The van der Waals surface area contributed by atoms with Gasteiger partial charge >= 0.3 is 12.3 Å². The second-order valence-corrected chi connectivity index (χ2v) is 2.59. The molecule has 0 unspecified atom stereocenters. The number of halogens is 6. The monoisotopic (exact) mass is 193 g/mol. The summed E-state index contributed by atoms with van der Waals surface area (Å²) in [5.74, 6) is -6.14. The van der Waals surface area contributed by atoms with E-state index < -0.39 is 24.2 Å². The lowest BCUT2D eigenvalue weighted by molar-refractivity contribution is -0.201. The van der Waals surface area contributed by atoms with Crippen LogP contribution in [0.1, 0.15) is 13.8 Å². The molecule has 0 aromatic heterocycles. The van der Waals surface area contributed by atoms with Crippen molar-refractivity contribution in [1.82, 2.24) is 0 Å². The van der Waals surface area contributed by atoms with Crippen molar-refractivity contribution in [3.8, 4) is 0 Å². The van der Waals surface area contributed by atoms with Gasteiger partial charge in [-0.25, -0.2) is 13.2 Å². The first-order valence-electron chi connectivity index (χ1n) is 3.08. The van der Waals surface area contributed by atoms with Crippen LogP contribution in [0.15, 0.2) is 0 Å². The Balaban J connectivity index is 4.57. The zero-order valence-electron chi connectivity index (χ0n) is 6.35. The van der Waals surface area contributed by atoms with Crippen LogP contribution in [-0.4, -0.2) is 12.1 Å². The molecule has 0 saturated carbocycles. The van der Waals surface area contributed by atoms with Crippen molar-refractivity contribution in [2.75, 3.05) is 0 Å². The molecule has 0 rings (SSSR count). The molecule has 0 spiro atoms. The van der Waals surface area contributed by atoms with E-state index in [0.717, 1.165) is 13.8 Å². The smallest absolute Gasteiger partial charge is 0.223 e. The summed E-state index contributed by atoms with van der Waals surface area (Å²) < 4.78 is 70.8. The van der Waals surface area contributed by atoms with E-state index >= 15 is 0 Å². The van der Waals surface area contributed by atoms with E-state index in [1.807, 2.05) is 0 Å². The van der Waals surface area contributed by atoms with Crippen LogP contribution < -0.4 is 0 Å². The van der Waals surface area contributed by atoms with Crippen LogP contribution in [0.25, 0.3) is 0 Å². The fourth-order valence-corrected chi connectivity index (χ4v) is 0.442. The Hall–Kier alpha value is -0.420. The lowest BCUT2D eigenvalue weighted by atomic mass is 10.0. The highest BCUT2D eigenvalue weighted by Crippen LogP contribution is 2.44. The lowest BCUT2D eigenvalue weighted by Crippen LogP contribution is -2.38. The van der Waals surface area contributed by atoms with Crippen LogP contribution in [0.3, 0.4) is 0 Å². The van der Waals surface area contributed by atoms with Crippen LogP contribution >= 0.6 is 0 Å². The van der Waals surface area contributed by atoms with Crippen molar-refractivity contribution in [1.29, 1.82) is 0 Å². The van der Waals surface area contributed by atoms with Crippen molar-refractivity contribution in [3.63, 3.8) is 0 Å². The van der Waals surface area contributed by atoms with E-state index in [9.17, 15) is 26.3 Å². The molecular weight excluding hydrogens is 186 g/mol. The maximum atomic E-state index is 12.3. The minimum absolute atomic E-state index is 0.811. The van der Waals surface area contributed by atoms with Crippen LogP contribution in [0.4, 0.5) is 26.3 Å². The minimum Gasteiger partial charge on any atom is -0.223 e. The first-order valence-corrected chi connectivity index (χ1v) is 3.08. The molecule has 0 heterocycles. The van der Waals surface area contributed by atoms with Crippen molar-refractivity contribution in [2.24, 2.45) is 5.92 Å². The minimum atomic E-state index is -5.58. The van der Waals surface area contributed by atoms with Gasteiger partial charge in [0.2, 0.25) is 0 Å². The number of rotatable bonds is 2. The summed E-state index contributed by atoms with van der Waals surface area (Å²) in [6.07, 6.45) is -8.81. The topological polar surface area (TPSA) is 0 Å². The lowest BCUT2D eigenvalue weighted by Gasteiger charge is -2.24. The Morgan fingerprint density at radius 2 is 1.33 bits per heavy atom. The highest BCUT2D eigenvalue weighted by Gasteiger charge is 2.59. The van der Waals surface area contributed by atoms with Gasteiger partial charge in [-0.05, 0) is 0 Å². The summed E-state index contributed by atoms with van der Waals surface area (Å²) in [5.41, 5.74) is 0. The average Bonchev–Trinajstić information content (AvgIpc) is 1.83. The number of hydrogen-bond donors (Lipinski definition) is 0. The van der Waals surface area contributed by atoms with Crippen molar-refractivity contribution in [2.45, 2.75) is 25.9 Å². The third-order valence-electron chi connectivity index (χ3n) is 1.27. The molecule has 0 bridgehead atoms. The summed E-state index contributed by atoms with van der Waals surface area (Å²) in [5, 5.41) is 0. The van der Waals surface area contributed by atoms with Gasteiger partial charge in [0.25, 0.3) is 5.92 Å². The predicted octanol–water partition coefficient (Wildman–Crippen LogP) is 3.34. The molecule has 12 heavy (non-hydrogen) atoms. The van der Waals surface area contributed by atoms with Crippen molar-refractivity contribution >= 4 is 0 Å². The molecule has 0 aliphatic heterocycles. The summed E-state index contributed by atoms with van der Waals surface area (Å²) >= 11 is 0. The fraction of sp³-hybridized carbons (Fsp3) is 0.833. The zero-order valence-corrected chi connectivity index (χ0v) is 6.35. The van der Waals surface area contributed by atoms with Gasteiger partial charge in [0.05, 0.1) is 0 Å². The molecule has 73 valence electrons. The second kappa shape index (κ2) is 3.14. The van der Waals surface area contributed by atoms with E-state index in [1.54, 1.807) is 0 Å². The molecule has 0 nitrogen and oxygen atoms in total. The Labute approximate surface area is 65.6 Å². The highest BCUT2D eigenvalue weighted by atomic mass is 19.4. The van der Waals surface area contributed by atoms with Gasteiger partial charge in [-0.1, -0.05) is 13.8 Å². The maximum Gasteiger partial charge on any atom is 0.432 e. The maximum absolute atomic E-state index is 12.3. The van der Waals surface area contributed by atoms with E-state index in [1.165, 1.54) is 0 Å². The quantitative estimate of drug-likeness (QED) is 0.590. The largest absolute Gasteiger partial charge is 0.432 e. The van der Waals surface area contributed by atoms with Crippen molar-refractivity contribution < 1.29 is 26.3 Å². The standard InChI is InChI=1S/C6H7F6/c1-3(2)5(8,9)4(7)6(10,11)12/h3H,1-2H3. The summed E-state index contributed by atoms with van der Waals surface area (Å²) in [7, 11) is 0. The van der Waals surface area contributed by atoms with E-state index in [4.69, 9.17) is 0 Å². The fourth-order valence-electron chi connectivity index (χ4n) is 0.442. The molecule has 0 aromatic carbocycles. The molecule has 0 aliphatic carbocycles. The number of hydrogen-bond acceptors (Lipinski definition) is 0. The van der Waals surface area contributed by atoms with Crippen LogP contribution in [0.5, 0.6) is 0 Å². The first-order chi connectivity index (χ1) is 5.10. The van der Waals surface area contributed by atoms with E-state index in [2.05, 4.69) is 0 Å². The van der Waals surface area contributed by atoms with Crippen LogP contribution in [0, 0.1) is 12.1 Å². The number of alkyl halides is 5. The summed E-state index contributed by atoms with van der Waals surface area (Å²) in [4.78, 5) is 0. The zero-order chi connectivity index (χ0) is 10.2. The average molecular weight is 193 g/mol. The molecule has 0 saturated heterocycles. The van der Waals surface area contributed by atoms with Crippen LogP contribution in [0.2, 0.25) is 0 Å². The SMILES string of the molecule is CC(C)C(F)(F)[C](F)C(F)(F)F. The Morgan fingerprint density at radius 1 is 1.00 bits per heavy atom. The third kappa shape index (κ3) is 2.28. The summed E-state index contributed by atoms with van der Waals surface area (Å²) in [6.45, 7) is 1.62. The first kappa shape index (κ1) is 11.6. The molecule has 0 aromatic rings.